The van der Waals surface area contributed by atoms with Crippen molar-refractivity contribution in [1.29, 1.82) is 5.41 Å². The maximum absolute atomic E-state index is 13.0. The molecular weight excluding hydrogens is 413 g/mol. The first kappa shape index (κ1) is 20.7. The van der Waals surface area contributed by atoms with Crippen LogP contribution in [0.4, 0.5) is 19.1 Å². The number of nitrogens with two attached hydrogens (primary N) is 1. The van der Waals surface area contributed by atoms with Crippen molar-refractivity contribution in [3.8, 4) is 5.88 Å². The van der Waals surface area contributed by atoms with Gasteiger partial charge in [-0.2, -0.15) is 23.1 Å². The molecule has 0 bridgehead atoms. The summed E-state index contributed by atoms with van der Waals surface area (Å²) in [6, 6.07) is 4.72. The first-order valence-electron chi connectivity index (χ1n) is 6.86. The molecule has 0 saturated carbocycles. The number of halogens is 4. The quantitative estimate of drug-likeness (QED) is 0.224. The van der Waals surface area contributed by atoms with Crippen molar-refractivity contribution in [1.82, 2.24) is 14.7 Å². The van der Waals surface area contributed by atoms with E-state index in [-0.39, 0.29) is 11.0 Å². The summed E-state index contributed by atoms with van der Waals surface area (Å²) >= 11 is 5.73. The molecule has 0 aliphatic carbocycles. The minimum Gasteiger partial charge on any atom is -0.481 e. The van der Waals surface area contributed by atoms with Crippen LogP contribution in [-0.2, 0) is 16.2 Å². The molecule has 0 spiro atoms. The molecule has 14 heteroatoms. The summed E-state index contributed by atoms with van der Waals surface area (Å²) in [5, 5.41) is 7.98. The highest BCUT2D eigenvalue weighted by molar-refractivity contribution is 7.90. The van der Waals surface area contributed by atoms with Gasteiger partial charge in [0.05, 0.1) is 17.6 Å². The highest BCUT2D eigenvalue weighted by Gasteiger charge is 2.37. The van der Waals surface area contributed by atoms with Gasteiger partial charge in [-0.1, -0.05) is 23.7 Å². The van der Waals surface area contributed by atoms with Gasteiger partial charge in [-0.05, 0) is 12.1 Å². The largest absolute Gasteiger partial charge is 0.481 e. The topological polar surface area (TPSA) is 134 Å². The minimum absolute atomic E-state index is 0.0291. The second-order valence-corrected chi connectivity index (χ2v) is 6.89. The Balaban J connectivity index is 2.34. The fraction of sp³-hybridized carbons (Fsp3) is 0.154. The maximum Gasteiger partial charge on any atom is 0.417 e. The van der Waals surface area contributed by atoms with Crippen LogP contribution in [0.5, 0.6) is 5.88 Å². The molecule has 2 rings (SSSR count). The molecule has 9 nitrogen and oxygen atoms in total. The van der Waals surface area contributed by atoms with Crippen molar-refractivity contribution in [2.45, 2.75) is 11.1 Å². The summed E-state index contributed by atoms with van der Waals surface area (Å²) in [6.45, 7) is 0. The Labute approximate surface area is 156 Å². The normalized spacial score (nSPS) is 11.8. The van der Waals surface area contributed by atoms with Gasteiger partial charge in [0.25, 0.3) is 16.0 Å². The molecule has 1 heterocycles. The standard InChI is InChI=1S/C13H12ClF3N6O3S/c1-26-10-6-9(14)20-12(21-10)23(19)11(18)22-27(24,25)8-5-3-2-4-7(8)13(15,16)17/h2-6H,19H2,1H3,(H2,18,22). The molecule has 1 aromatic carbocycles. The Bertz CT molecular complexity index is 970. The Kier molecular flexibility index (Phi) is 5.77. The van der Waals surface area contributed by atoms with Gasteiger partial charge < -0.3 is 4.74 Å². The average Bonchev–Trinajstić information content (AvgIpc) is 2.59. The van der Waals surface area contributed by atoms with E-state index in [0.29, 0.717) is 11.1 Å². The van der Waals surface area contributed by atoms with Crippen LogP contribution < -0.4 is 20.3 Å². The van der Waals surface area contributed by atoms with E-state index in [9.17, 15) is 21.6 Å². The van der Waals surface area contributed by atoms with Gasteiger partial charge in [0.1, 0.15) is 5.15 Å². The van der Waals surface area contributed by atoms with Gasteiger partial charge in [0, 0.05) is 6.07 Å². The summed E-state index contributed by atoms with van der Waals surface area (Å²) in [4.78, 5) is 6.37. The zero-order valence-corrected chi connectivity index (χ0v) is 15.0. The van der Waals surface area contributed by atoms with Crippen molar-refractivity contribution in [3.63, 3.8) is 0 Å². The predicted octanol–water partition coefficient (Wildman–Crippen LogP) is 1.75. The summed E-state index contributed by atoms with van der Waals surface area (Å²) in [5.41, 5.74) is -1.39. The van der Waals surface area contributed by atoms with Crippen LogP contribution >= 0.6 is 11.6 Å². The number of nitrogens with one attached hydrogen (secondary N) is 2. The fourth-order valence-corrected chi connectivity index (χ4v) is 3.23. The lowest BCUT2D eigenvalue weighted by Crippen LogP contribution is -2.48. The third-order valence-electron chi connectivity index (χ3n) is 3.04. The number of rotatable bonds is 4. The summed E-state index contributed by atoms with van der Waals surface area (Å²) < 4.78 is 70.2. The fourth-order valence-electron chi connectivity index (χ4n) is 1.86. The third kappa shape index (κ3) is 4.75. The molecule has 2 aromatic rings. The molecule has 1 aromatic heterocycles. The molecule has 0 aliphatic heterocycles. The molecule has 27 heavy (non-hydrogen) atoms. The van der Waals surface area contributed by atoms with Gasteiger partial charge in [-0.25, -0.2) is 24.0 Å². The van der Waals surface area contributed by atoms with E-state index in [1.54, 1.807) is 4.72 Å². The second kappa shape index (κ2) is 7.54. The Morgan fingerprint density at radius 2 is 1.96 bits per heavy atom. The highest BCUT2D eigenvalue weighted by Crippen LogP contribution is 2.33. The number of methoxy groups -OCH3 is 1. The van der Waals surface area contributed by atoms with Crippen LogP contribution in [0.25, 0.3) is 0 Å². The first-order valence-corrected chi connectivity index (χ1v) is 8.73. The van der Waals surface area contributed by atoms with Crippen molar-refractivity contribution in [2.24, 2.45) is 5.84 Å². The van der Waals surface area contributed by atoms with Crippen LogP contribution in [0.15, 0.2) is 35.2 Å². The van der Waals surface area contributed by atoms with Crippen LogP contribution in [-0.4, -0.2) is 31.5 Å². The monoisotopic (exact) mass is 424 g/mol. The lowest BCUT2D eigenvalue weighted by molar-refractivity contribution is -0.139. The molecule has 146 valence electrons. The van der Waals surface area contributed by atoms with Gasteiger partial charge in [-0.3, -0.25) is 5.41 Å². The third-order valence-corrected chi connectivity index (χ3v) is 4.63. The minimum atomic E-state index is -4.92. The molecule has 0 fully saturated rings. The Morgan fingerprint density at radius 3 is 2.56 bits per heavy atom. The molecular formula is C13H12ClF3N6O3S. The Morgan fingerprint density at radius 1 is 1.33 bits per heavy atom. The highest BCUT2D eigenvalue weighted by atomic mass is 35.5. The van der Waals surface area contributed by atoms with Crippen molar-refractivity contribution >= 4 is 33.5 Å². The average molecular weight is 425 g/mol. The van der Waals surface area contributed by atoms with E-state index in [4.69, 9.17) is 27.6 Å². The van der Waals surface area contributed by atoms with Crippen molar-refractivity contribution in [2.75, 3.05) is 12.1 Å². The van der Waals surface area contributed by atoms with E-state index < -0.39 is 38.6 Å². The van der Waals surface area contributed by atoms with Crippen LogP contribution in [0.1, 0.15) is 5.56 Å². The second-order valence-electron chi connectivity index (χ2n) is 4.85. The predicted molar refractivity (Wildman–Crippen MR) is 89.8 cm³/mol. The zero-order chi connectivity index (χ0) is 20.4. The van der Waals surface area contributed by atoms with E-state index in [0.717, 1.165) is 18.2 Å². The number of alkyl halides is 3. The number of sulfonamides is 1. The molecule has 0 amide bonds. The van der Waals surface area contributed by atoms with Crippen LogP contribution in [0, 0.1) is 5.41 Å². The molecule has 4 N–H and O–H groups in total. The number of hydrogen-bond donors (Lipinski definition) is 3. The number of nitrogens with zero attached hydrogens (tertiary/aromatic N) is 3. The van der Waals surface area contributed by atoms with Crippen LogP contribution in [0.2, 0.25) is 5.15 Å². The number of benzene rings is 1. The van der Waals surface area contributed by atoms with Crippen molar-refractivity contribution < 1.29 is 26.3 Å². The maximum atomic E-state index is 13.0. The number of hydrazine groups is 1. The zero-order valence-electron chi connectivity index (χ0n) is 13.5. The van der Waals surface area contributed by atoms with Crippen LogP contribution in [0.3, 0.4) is 0 Å². The molecule has 0 unspecified atom stereocenters. The number of guanidine groups is 1. The van der Waals surface area contributed by atoms with E-state index >= 15 is 0 Å². The van der Waals surface area contributed by atoms with Gasteiger partial charge in [-0.15, -0.1) is 0 Å². The molecule has 0 saturated heterocycles. The van der Waals surface area contributed by atoms with Gasteiger partial charge in [0.2, 0.25) is 11.8 Å². The summed E-state index contributed by atoms with van der Waals surface area (Å²) in [6.07, 6.45) is -4.92. The van der Waals surface area contributed by atoms with E-state index in [1.165, 1.54) is 13.2 Å². The number of hydrogen-bond acceptors (Lipinski definition) is 7. The first-order chi connectivity index (χ1) is 12.5. The van der Waals surface area contributed by atoms with E-state index in [1.807, 2.05) is 0 Å². The number of ether oxygens (including phenoxy) is 1. The number of aromatic nitrogens is 2. The lowest BCUT2D eigenvalue weighted by Gasteiger charge is -2.20. The smallest absolute Gasteiger partial charge is 0.417 e. The Hall–Kier alpha value is -2.64. The number of anilines is 1. The summed E-state index contributed by atoms with van der Waals surface area (Å²) in [7, 11) is -3.52. The lowest BCUT2D eigenvalue weighted by atomic mass is 10.2. The molecule has 0 radical (unpaired) electrons. The van der Waals surface area contributed by atoms with E-state index in [2.05, 4.69) is 9.97 Å². The molecule has 0 atom stereocenters. The van der Waals surface area contributed by atoms with Crippen molar-refractivity contribution in [3.05, 3.63) is 41.0 Å². The SMILES string of the molecule is COc1cc(Cl)nc(N(N)C(=N)NS(=O)(=O)c2ccccc2C(F)(F)F)n1. The van der Waals surface area contributed by atoms with Gasteiger partial charge >= 0.3 is 6.18 Å². The molecule has 0 aliphatic rings. The van der Waals surface area contributed by atoms with Gasteiger partial charge in [0.15, 0.2) is 0 Å². The summed E-state index contributed by atoms with van der Waals surface area (Å²) in [5.74, 6) is 4.09.